The molecular weight excluding hydrogens is 268 g/mol. The first-order valence-electron chi connectivity index (χ1n) is 6.26. The molecular formula is C12H18N2O4S. The lowest BCUT2D eigenvalue weighted by molar-refractivity contribution is -0.118. The van der Waals surface area contributed by atoms with Crippen molar-refractivity contribution in [3.8, 4) is 0 Å². The summed E-state index contributed by atoms with van der Waals surface area (Å²) in [4.78, 5) is 11.6. The van der Waals surface area contributed by atoms with Crippen LogP contribution in [0.5, 0.6) is 0 Å². The molecule has 0 aromatic carbocycles. The summed E-state index contributed by atoms with van der Waals surface area (Å²) in [6, 6.07) is 0. The zero-order chi connectivity index (χ0) is 14.0. The lowest BCUT2D eigenvalue weighted by Crippen LogP contribution is -2.32. The SMILES string of the molecule is Cc1noc(C)c1CS(=O)(=O)CC(=O)NCC1CC1. The Hall–Kier alpha value is -1.37. The summed E-state index contributed by atoms with van der Waals surface area (Å²) in [6.07, 6.45) is 2.23. The molecule has 7 heteroatoms. The number of aromatic nitrogens is 1. The van der Waals surface area contributed by atoms with Crippen LogP contribution < -0.4 is 5.32 Å². The summed E-state index contributed by atoms with van der Waals surface area (Å²) in [7, 11) is -3.49. The van der Waals surface area contributed by atoms with E-state index in [1.807, 2.05) is 0 Å². The van der Waals surface area contributed by atoms with E-state index in [2.05, 4.69) is 10.5 Å². The number of rotatable bonds is 6. The molecule has 1 aliphatic carbocycles. The Morgan fingerprint density at radius 2 is 2.11 bits per heavy atom. The molecule has 0 radical (unpaired) electrons. The number of hydrogen-bond acceptors (Lipinski definition) is 5. The maximum atomic E-state index is 11.9. The van der Waals surface area contributed by atoms with Gasteiger partial charge in [0.2, 0.25) is 5.91 Å². The number of nitrogens with one attached hydrogen (secondary N) is 1. The summed E-state index contributed by atoms with van der Waals surface area (Å²) in [6.45, 7) is 3.94. The van der Waals surface area contributed by atoms with E-state index in [1.165, 1.54) is 0 Å². The lowest BCUT2D eigenvalue weighted by atomic mass is 10.2. The van der Waals surface area contributed by atoms with Crippen LogP contribution in [0.3, 0.4) is 0 Å². The van der Waals surface area contributed by atoms with Gasteiger partial charge in [0.05, 0.1) is 11.4 Å². The molecule has 19 heavy (non-hydrogen) atoms. The highest BCUT2D eigenvalue weighted by Crippen LogP contribution is 2.27. The van der Waals surface area contributed by atoms with Crippen LogP contribution in [0.15, 0.2) is 4.52 Å². The van der Waals surface area contributed by atoms with Crippen molar-refractivity contribution in [2.45, 2.75) is 32.4 Å². The highest BCUT2D eigenvalue weighted by atomic mass is 32.2. The van der Waals surface area contributed by atoms with Gasteiger partial charge in [-0.3, -0.25) is 4.79 Å². The molecule has 1 amide bonds. The average Bonchev–Trinajstić information content (AvgIpc) is 3.09. The first-order valence-corrected chi connectivity index (χ1v) is 8.08. The van der Waals surface area contributed by atoms with Crippen LogP contribution in [0, 0.1) is 19.8 Å². The van der Waals surface area contributed by atoms with Crippen LogP contribution in [0.4, 0.5) is 0 Å². The number of hydrogen-bond donors (Lipinski definition) is 1. The summed E-state index contributed by atoms with van der Waals surface area (Å²) in [5.41, 5.74) is 1.11. The Morgan fingerprint density at radius 3 is 2.63 bits per heavy atom. The summed E-state index contributed by atoms with van der Waals surface area (Å²) < 4.78 is 28.8. The third kappa shape index (κ3) is 4.05. The maximum Gasteiger partial charge on any atom is 0.235 e. The Bertz CT molecular complexity index is 553. The largest absolute Gasteiger partial charge is 0.361 e. The van der Waals surface area contributed by atoms with E-state index in [0.717, 1.165) is 12.8 Å². The topological polar surface area (TPSA) is 89.3 Å². The number of nitrogens with zero attached hydrogens (tertiary/aromatic N) is 1. The van der Waals surface area contributed by atoms with Crippen molar-refractivity contribution >= 4 is 15.7 Å². The molecule has 1 heterocycles. The fourth-order valence-corrected chi connectivity index (χ4v) is 3.27. The van der Waals surface area contributed by atoms with Crippen molar-refractivity contribution in [1.82, 2.24) is 10.5 Å². The van der Waals surface area contributed by atoms with E-state index in [-0.39, 0.29) is 5.75 Å². The van der Waals surface area contributed by atoms with Crippen molar-refractivity contribution in [3.05, 3.63) is 17.0 Å². The lowest BCUT2D eigenvalue weighted by Gasteiger charge is -2.05. The molecule has 2 rings (SSSR count). The number of carbonyl (C=O) groups excluding carboxylic acids is 1. The average molecular weight is 286 g/mol. The fraction of sp³-hybridized carbons (Fsp3) is 0.667. The molecule has 1 saturated carbocycles. The van der Waals surface area contributed by atoms with E-state index in [9.17, 15) is 13.2 Å². The van der Waals surface area contributed by atoms with Crippen molar-refractivity contribution in [2.75, 3.05) is 12.3 Å². The van der Waals surface area contributed by atoms with E-state index in [1.54, 1.807) is 13.8 Å². The van der Waals surface area contributed by atoms with Crippen LogP contribution in [-0.2, 0) is 20.4 Å². The van der Waals surface area contributed by atoms with Gasteiger partial charge in [-0.25, -0.2) is 8.42 Å². The summed E-state index contributed by atoms with van der Waals surface area (Å²) in [5, 5.41) is 6.36. The smallest absolute Gasteiger partial charge is 0.235 e. The third-order valence-electron chi connectivity index (χ3n) is 3.18. The van der Waals surface area contributed by atoms with Gasteiger partial charge >= 0.3 is 0 Å². The second kappa shape index (κ2) is 5.32. The quantitative estimate of drug-likeness (QED) is 0.832. The molecule has 1 aromatic heterocycles. The molecule has 0 spiro atoms. The standard InChI is InChI=1S/C12H18N2O4S/c1-8-11(9(2)18-14-8)6-19(16,17)7-12(15)13-5-10-3-4-10/h10H,3-7H2,1-2H3,(H,13,15). The van der Waals surface area contributed by atoms with Gasteiger partial charge in [-0.15, -0.1) is 0 Å². The normalized spacial score (nSPS) is 15.5. The molecule has 0 bridgehead atoms. The fourth-order valence-electron chi connectivity index (χ4n) is 1.81. The van der Waals surface area contributed by atoms with Crippen molar-refractivity contribution in [2.24, 2.45) is 5.92 Å². The van der Waals surface area contributed by atoms with Crippen LogP contribution >= 0.6 is 0 Å². The monoisotopic (exact) mass is 286 g/mol. The van der Waals surface area contributed by atoms with E-state index in [0.29, 0.717) is 29.5 Å². The van der Waals surface area contributed by atoms with Gasteiger partial charge in [0.25, 0.3) is 0 Å². The van der Waals surface area contributed by atoms with Crippen molar-refractivity contribution in [1.29, 1.82) is 0 Å². The van der Waals surface area contributed by atoms with E-state index >= 15 is 0 Å². The van der Waals surface area contributed by atoms with Crippen LogP contribution in [-0.4, -0.2) is 31.8 Å². The molecule has 0 saturated heterocycles. The minimum Gasteiger partial charge on any atom is -0.361 e. The molecule has 0 unspecified atom stereocenters. The molecule has 1 fully saturated rings. The Morgan fingerprint density at radius 1 is 1.42 bits per heavy atom. The number of sulfone groups is 1. The van der Waals surface area contributed by atoms with Gasteiger partial charge in [-0.1, -0.05) is 5.16 Å². The first-order chi connectivity index (χ1) is 8.87. The van der Waals surface area contributed by atoms with Crippen molar-refractivity contribution < 1.29 is 17.7 Å². The predicted octanol–water partition coefficient (Wildman–Crippen LogP) is 0.732. The third-order valence-corrected chi connectivity index (χ3v) is 4.61. The Labute approximate surface area is 112 Å². The summed E-state index contributed by atoms with van der Waals surface area (Å²) >= 11 is 0. The minimum absolute atomic E-state index is 0.203. The van der Waals surface area contributed by atoms with Crippen molar-refractivity contribution in [3.63, 3.8) is 0 Å². The molecule has 1 N–H and O–H groups in total. The first kappa shape index (κ1) is 14.0. The highest BCUT2D eigenvalue weighted by molar-refractivity contribution is 7.91. The van der Waals surface area contributed by atoms with Gasteiger partial charge in [0.1, 0.15) is 11.5 Å². The molecule has 1 aromatic rings. The molecule has 0 atom stereocenters. The number of amides is 1. The number of aryl methyl sites for hydroxylation is 2. The van der Waals surface area contributed by atoms with Gasteiger partial charge in [0, 0.05) is 12.1 Å². The molecule has 106 valence electrons. The highest BCUT2D eigenvalue weighted by Gasteiger charge is 2.24. The van der Waals surface area contributed by atoms with Gasteiger partial charge in [-0.05, 0) is 32.6 Å². The second-order valence-corrected chi connectivity index (χ2v) is 7.15. The van der Waals surface area contributed by atoms with Gasteiger partial charge < -0.3 is 9.84 Å². The van der Waals surface area contributed by atoms with Gasteiger partial charge in [0.15, 0.2) is 9.84 Å². The maximum absolute atomic E-state index is 11.9. The second-order valence-electron chi connectivity index (χ2n) is 5.08. The van der Waals surface area contributed by atoms with E-state index in [4.69, 9.17) is 4.52 Å². The molecule has 0 aliphatic heterocycles. The molecule has 6 nitrogen and oxygen atoms in total. The number of carbonyl (C=O) groups is 1. The van der Waals surface area contributed by atoms with Gasteiger partial charge in [-0.2, -0.15) is 0 Å². The predicted molar refractivity (Wildman–Crippen MR) is 69.2 cm³/mol. The minimum atomic E-state index is -3.49. The van der Waals surface area contributed by atoms with E-state index < -0.39 is 21.5 Å². The Balaban J connectivity index is 1.92. The summed E-state index contributed by atoms with van der Waals surface area (Å²) in [5.74, 6) is -0.0956. The van der Waals surface area contributed by atoms with Crippen LogP contribution in [0.25, 0.3) is 0 Å². The Kier molecular flexibility index (Phi) is 3.93. The van der Waals surface area contributed by atoms with Crippen LogP contribution in [0.2, 0.25) is 0 Å². The van der Waals surface area contributed by atoms with Crippen LogP contribution in [0.1, 0.15) is 29.9 Å². The molecule has 1 aliphatic rings. The zero-order valence-electron chi connectivity index (χ0n) is 11.1. The zero-order valence-corrected chi connectivity index (χ0v) is 11.9.